The van der Waals surface area contributed by atoms with E-state index in [9.17, 15) is 19.7 Å². The molecule has 38 heavy (non-hydrogen) atoms. The Balaban J connectivity index is 1.52. The SMILES string of the molecule is COc1ccc(CCN(Cc2ccco2)C(=O)CN(C(=O)c2ccc(Cl)c([N+](=O)[O-])c2)C2CC2)cc1OC. The third-order valence-electron chi connectivity index (χ3n) is 6.34. The third-order valence-corrected chi connectivity index (χ3v) is 6.66. The van der Waals surface area contributed by atoms with Crippen LogP contribution < -0.4 is 9.47 Å². The molecule has 3 aromatic rings. The average Bonchev–Trinajstić information content (AvgIpc) is 3.63. The first kappa shape index (κ1) is 27.0. The summed E-state index contributed by atoms with van der Waals surface area (Å²) in [6.07, 6.45) is 3.60. The summed E-state index contributed by atoms with van der Waals surface area (Å²) >= 11 is 5.91. The Morgan fingerprint density at radius 1 is 1.11 bits per heavy atom. The number of nitrogens with zero attached hydrogens (tertiary/aromatic N) is 3. The number of halogens is 1. The number of hydrogen-bond acceptors (Lipinski definition) is 7. The molecule has 200 valence electrons. The van der Waals surface area contributed by atoms with Gasteiger partial charge in [0.1, 0.15) is 17.3 Å². The summed E-state index contributed by atoms with van der Waals surface area (Å²) in [5.74, 6) is 1.12. The number of benzene rings is 2. The minimum absolute atomic E-state index is 0.0552. The smallest absolute Gasteiger partial charge is 0.288 e. The Bertz CT molecular complexity index is 1310. The number of methoxy groups -OCH3 is 2. The lowest BCUT2D eigenvalue weighted by Crippen LogP contribution is -2.44. The van der Waals surface area contributed by atoms with Crippen LogP contribution in [0.3, 0.4) is 0 Å². The highest BCUT2D eigenvalue weighted by molar-refractivity contribution is 6.32. The van der Waals surface area contributed by atoms with Crippen molar-refractivity contribution in [2.75, 3.05) is 27.3 Å². The summed E-state index contributed by atoms with van der Waals surface area (Å²) in [6, 6.07) is 12.9. The molecule has 0 atom stereocenters. The first-order chi connectivity index (χ1) is 18.3. The summed E-state index contributed by atoms with van der Waals surface area (Å²) < 4.78 is 16.2. The van der Waals surface area contributed by atoms with Gasteiger partial charge < -0.3 is 23.7 Å². The van der Waals surface area contributed by atoms with Crippen LogP contribution in [0.2, 0.25) is 5.02 Å². The van der Waals surface area contributed by atoms with Gasteiger partial charge in [-0.1, -0.05) is 17.7 Å². The minimum Gasteiger partial charge on any atom is -0.493 e. The molecule has 1 fully saturated rings. The molecule has 2 aromatic carbocycles. The molecule has 1 saturated carbocycles. The molecule has 1 aliphatic rings. The lowest BCUT2D eigenvalue weighted by atomic mass is 10.1. The molecule has 0 spiro atoms. The van der Waals surface area contributed by atoms with Crippen LogP contribution in [-0.4, -0.2) is 59.9 Å². The van der Waals surface area contributed by atoms with Crippen molar-refractivity contribution in [1.29, 1.82) is 0 Å². The minimum atomic E-state index is -0.634. The van der Waals surface area contributed by atoms with Gasteiger partial charge in [-0.3, -0.25) is 19.7 Å². The van der Waals surface area contributed by atoms with Gasteiger partial charge in [-0.05, 0) is 61.2 Å². The Hall–Kier alpha value is -4.05. The fraction of sp³-hybridized carbons (Fsp3) is 0.333. The van der Waals surface area contributed by atoms with Crippen LogP contribution in [0.1, 0.15) is 34.5 Å². The normalized spacial score (nSPS) is 12.6. The number of nitro benzene ring substituents is 1. The molecule has 0 aliphatic heterocycles. The van der Waals surface area contributed by atoms with Gasteiger partial charge in [-0.2, -0.15) is 0 Å². The van der Waals surface area contributed by atoms with Gasteiger partial charge in [0, 0.05) is 24.2 Å². The number of carbonyl (C=O) groups is 2. The van der Waals surface area contributed by atoms with Gasteiger partial charge in [-0.15, -0.1) is 0 Å². The van der Waals surface area contributed by atoms with E-state index in [1.807, 2.05) is 18.2 Å². The van der Waals surface area contributed by atoms with Crippen LogP contribution in [0.25, 0.3) is 0 Å². The monoisotopic (exact) mass is 541 g/mol. The van der Waals surface area contributed by atoms with Gasteiger partial charge in [0.05, 0.1) is 32.0 Å². The van der Waals surface area contributed by atoms with Crippen molar-refractivity contribution in [2.24, 2.45) is 0 Å². The molecule has 10 nitrogen and oxygen atoms in total. The Labute approximate surface area is 224 Å². The molecule has 0 bridgehead atoms. The predicted molar refractivity (Wildman–Crippen MR) is 140 cm³/mol. The van der Waals surface area contributed by atoms with Gasteiger partial charge in [0.25, 0.3) is 11.6 Å². The third kappa shape index (κ3) is 6.44. The first-order valence-corrected chi connectivity index (χ1v) is 12.4. The molecular formula is C27H28ClN3O7. The standard InChI is InChI=1S/C27H28ClN3O7/c1-36-24-10-5-18(14-25(24)37-2)11-12-29(16-21-4-3-13-38-21)26(32)17-30(20-7-8-20)27(33)19-6-9-22(28)23(15-19)31(34)35/h3-6,9-10,13-15,20H,7-8,11-12,16-17H2,1-2H3. The highest BCUT2D eigenvalue weighted by Crippen LogP contribution is 2.31. The van der Waals surface area contributed by atoms with E-state index in [1.165, 1.54) is 17.0 Å². The average molecular weight is 542 g/mol. The van der Waals surface area contributed by atoms with Gasteiger partial charge in [0.15, 0.2) is 11.5 Å². The highest BCUT2D eigenvalue weighted by atomic mass is 35.5. The molecule has 0 unspecified atom stereocenters. The second-order valence-electron chi connectivity index (χ2n) is 8.92. The van der Waals surface area contributed by atoms with Gasteiger partial charge >= 0.3 is 0 Å². The maximum Gasteiger partial charge on any atom is 0.288 e. The van der Waals surface area contributed by atoms with Gasteiger partial charge in [0.2, 0.25) is 5.91 Å². The summed E-state index contributed by atoms with van der Waals surface area (Å²) in [4.78, 5) is 40.7. The topological polar surface area (TPSA) is 115 Å². The molecular weight excluding hydrogens is 514 g/mol. The zero-order valence-corrected chi connectivity index (χ0v) is 21.8. The quantitative estimate of drug-likeness (QED) is 0.240. The number of rotatable bonds is 12. The van der Waals surface area contributed by atoms with Crippen molar-refractivity contribution in [3.8, 4) is 11.5 Å². The molecule has 0 radical (unpaired) electrons. The lowest BCUT2D eigenvalue weighted by molar-refractivity contribution is -0.384. The molecule has 1 aliphatic carbocycles. The molecule has 2 amide bonds. The first-order valence-electron chi connectivity index (χ1n) is 12.1. The van der Waals surface area contributed by atoms with E-state index >= 15 is 0 Å². The number of amides is 2. The maximum atomic E-state index is 13.5. The maximum absolute atomic E-state index is 13.5. The van der Waals surface area contributed by atoms with E-state index in [-0.39, 0.29) is 41.3 Å². The fourth-order valence-corrected chi connectivity index (χ4v) is 4.32. The zero-order chi connectivity index (χ0) is 27.2. The summed E-state index contributed by atoms with van der Waals surface area (Å²) in [7, 11) is 3.13. The summed E-state index contributed by atoms with van der Waals surface area (Å²) in [5.41, 5.74) is 0.709. The molecule has 1 heterocycles. The van der Waals surface area contributed by atoms with Crippen molar-refractivity contribution < 1.29 is 28.4 Å². The van der Waals surface area contributed by atoms with Crippen LogP contribution in [0.15, 0.2) is 59.2 Å². The van der Waals surface area contributed by atoms with Crippen molar-refractivity contribution in [3.05, 3.63) is 86.8 Å². The van der Waals surface area contributed by atoms with Crippen LogP contribution in [0, 0.1) is 10.1 Å². The van der Waals surface area contributed by atoms with E-state index in [0.29, 0.717) is 30.2 Å². The molecule has 0 N–H and O–H groups in total. The summed E-state index contributed by atoms with van der Waals surface area (Å²) in [6.45, 7) is 0.443. The fourth-order valence-electron chi connectivity index (χ4n) is 4.13. The van der Waals surface area contributed by atoms with Crippen LogP contribution in [0.5, 0.6) is 11.5 Å². The lowest BCUT2D eigenvalue weighted by Gasteiger charge is -2.27. The number of ether oxygens (including phenoxy) is 2. The zero-order valence-electron chi connectivity index (χ0n) is 21.1. The van der Waals surface area contributed by atoms with Crippen molar-refractivity contribution in [3.63, 3.8) is 0 Å². The van der Waals surface area contributed by atoms with Crippen LogP contribution >= 0.6 is 11.6 Å². The molecule has 4 rings (SSSR count). The largest absolute Gasteiger partial charge is 0.493 e. The predicted octanol–water partition coefficient (Wildman–Crippen LogP) is 4.73. The number of furan rings is 1. The Morgan fingerprint density at radius 2 is 1.87 bits per heavy atom. The Kier molecular flexibility index (Phi) is 8.52. The summed E-state index contributed by atoms with van der Waals surface area (Å²) in [5, 5.41) is 11.3. The second-order valence-corrected chi connectivity index (χ2v) is 9.33. The van der Waals surface area contributed by atoms with E-state index < -0.39 is 10.8 Å². The van der Waals surface area contributed by atoms with E-state index in [0.717, 1.165) is 24.5 Å². The molecule has 0 saturated heterocycles. The number of nitro groups is 1. The Morgan fingerprint density at radius 3 is 2.50 bits per heavy atom. The second kappa shape index (κ2) is 12.0. The van der Waals surface area contributed by atoms with Crippen LogP contribution in [-0.2, 0) is 17.8 Å². The van der Waals surface area contributed by atoms with Crippen molar-refractivity contribution >= 4 is 29.1 Å². The van der Waals surface area contributed by atoms with Crippen molar-refractivity contribution in [2.45, 2.75) is 31.8 Å². The number of hydrogen-bond donors (Lipinski definition) is 0. The number of carbonyl (C=O) groups excluding carboxylic acids is 2. The highest BCUT2D eigenvalue weighted by Gasteiger charge is 2.36. The molecule has 11 heteroatoms. The van der Waals surface area contributed by atoms with E-state index in [2.05, 4.69) is 0 Å². The van der Waals surface area contributed by atoms with E-state index in [1.54, 1.807) is 37.5 Å². The van der Waals surface area contributed by atoms with Crippen LogP contribution in [0.4, 0.5) is 5.69 Å². The van der Waals surface area contributed by atoms with Crippen molar-refractivity contribution in [1.82, 2.24) is 9.80 Å². The van der Waals surface area contributed by atoms with E-state index in [4.69, 9.17) is 25.5 Å². The molecule has 1 aromatic heterocycles. The van der Waals surface area contributed by atoms with Gasteiger partial charge in [-0.25, -0.2) is 0 Å².